The van der Waals surface area contributed by atoms with Crippen molar-refractivity contribution in [2.75, 3.05) is 0 Å². The van der Waals surface area contributed by atoms with Crippen LogP contribution in [0.1, 0.15) is 55.6 Å². The summed E-state index contributed by atoms with van der Waals surface area (Å²) in [5, 5.41) is 85.8. The summed E-state index contributed by atoms with van der Waals surface area (Å²) in [5.41, 5.74) is 10.3. The topological polar surface area (TPSA) is 203 Å². The number of phenols is 2. The molecule has 9 aromatic rings. The van der Waals surface area contributed by atoms with Crippen LogP contribution in [0.2, 0.25) is 0 Å². The maximum absolute atomic E-state index is 11.4. The predicted octanol–water partition coefficient (Wildman–Crippen LogP) is 16.9. The number of benzene rings is 9. The minimum absolute atomic E-state index is 0.123. The summed E-state index contributed by atoms with van der Waals surface area (Å²) >= 11 is 0. The van der Waals surface area contributed by atoms with Gasteiger partial charge in [-0.2, -0.15) is 20.8 Å². The normalized spacial score (nSPS) is 12.5. The standard InChI is InChI=1S/C62H46N8O4/c1-37-13-27-55(39(3)29-37)65-61(73)53-33-45-9-5-7-11-51(45)57(59(53)71)69-67-49-23-15-41(16-24-49)31-47(35-63)43-19-21-44(22-20-43)48(36-64)32-42-17-25-50(26-18-42)68-70-58-52-12-8-6-10-46(52)34-54(60(58)72)62(74)66-56-28-14-38(2)30-40(56)4/h5-34,71-72H,1-4H3,(H,65,73)(H,66,74). The number of azo groups is 2. The Balaban J connectivity index is 0.894. The number of nitrogens with zero attached hydrogens (tertiary/aromatic N) is 8. The summed E-state index contributed by atoms with van der Waals surface area (Å²) in [6.45, 7) is 7.77. The average molecular weight is 967 g/mol. The van der Waals surface area contributed by atoms with Gasteiger partial charge >= 0.3 is 0 Å². The Morgan fingerprint density at radius 1 is 0.446 bits per heavy atom. The third kappa shape index (κ3) is 10.7. The van der Waals surface area contributed by atoms with E-state index in [1.54, 1.807) is 97.1 Å². The number of nitriles is 2. The Labute approximate surface area is 427 Å². The monoisotopic (exact) mass is 966 g/mol. The molecule has 0 radical (unpaired) electrons. The number of hydrogen-bond donors (Lipinski definition) is 4. The van der Waals surface area contributed by atoms with E-state index in [1.165, 1.54) is 0 Å². The molecular formula is C62H46N8O4. The van der Waals surface area contributed by atoms with E-state index < -0.39 is 0 Å². The zero-order valence-corrected chi connectivity index (χ0v) is 40.7. The van der Waals surface area contributed by atoms with Crippen LogP contribution in [0.15, 0.2) is 200 Å². The van der Waals surface area contributed by atoms with Crippen LogP contribution in [0.5, 0.6) is 11.5 Å². The van der Waals surface area contributed by atoms with E-state index in [9.17, 15) is 30.9 Å². The molecule has 0 spiro atoms. The van der Waals surface area contributed by atoms with Crippen LogP contribution in [0.3, 0.4) is 0 Å². The number of hydrogen-bond acceptors (Lipinski definition) is 10. The Kier molecular flexibility index (Phi) is 14.1. The molecule has 0 aliphatic carbocycles. The first-order chi connectivity index (χ1) is 35.8. The largest absolute Gasteiger partial charge is 0.505 e. The maximum Gasteiger partial charge on any atom is 0.222 e. The van der Waals surface area contributed by atoms with Gasteiger partial charge in [0.05, 0.1) is 57.2 Å². The lowest BCUT2D eigenvalue weighted by Gasteiger charge is -2.10. The van der Waals surface area contributed by atoms with E-state index in [4.69, 9.17) is 0 Å². The predicted molar refractivity (Wildman–Crippen MR) is 295 cm³/mol. The molecule has 0 aliphatic heterocycles. The summed E-state index contributed by atoms with van der Waals surface area (Å²) in [5.74, 6) is -1.22. The molecule has 0 bridgehead atoms. The summed E-state index contributed by atoms with van der Waals surface area (Å²) in [7, 11) is 0. The number of phenolic OH excluding ortho intramolecular Hbond substituents is 2. The Morgan fingerprint density at radius 3 is 1.19 bits per heavy atom. The highest BCUT2D eigenvalue weighted by atomic mass is 16.3. The molecule has 9 aromatic carbocycles. The van der Waals surface area contributed by atoms with Gasteiger partial charge in [0.25, 0.3) is 0 Å². The maximum atomic E-state index is 11.4. The number of aromatic hydroxyl groups is 2. The van der Waals surface area contributed by atoms with Crippen molar-refractivity contribution in [1.82, 2.24) is 0 Å². The molecule has 0 fully saturated rings. The van der Waals surface area contributed by atoms with Crippen LogP contribution in [-0.4, -0.2) is 32.2 Å². The zero-order chi connectivity index (χ0) is 51.9. The van der Waals surface area contributed by atoms with Crippen molar-refractivity contribution >= 4 is 90.8 Å². The summed E-state index contributed by atoms with van der Waals surface area (Å²) in [6.07, 6.45) is 3.51. The smallest absolute Gasteiger partial charge is 0.222 e. The van der Waals surface area contributed by atoms with Crippen molar-refractivity contribution in [2.45, 2.75) is 27.7 Å². The van der Waals surface area contributed by atoms with Gasteiger partial charge in [-0.3, -0.25) is 0 Å². The molecular weight excluding hydrogens is 921 g/mol. The SMILES string of the molecule is Cc1ccc(N=C(O)c2cc3ccccc3c(N=Nc3ccc(C=C(C#N)c4ccc(C(C#N)=Cc5ccc(N=Nc6c(O)c(C(O)=Nc7ccc(C)cc7C)cc7ccccc67)cc5)cc4)cc3)c2O)c(C)c1. The summed E-state index contributed by atoms with van der Waals surface area (Å²) in [6, 6.07) is 55.4. The molecule has 12 heteroatoms. The van der Waals surface area contributed by atoms with Crippen molar-refractivity contribution < 1.29 is 20.4 Å². The first-order valence-electron chi connectivity index (χ1n) is 23.4. The zero-order valence-electron chi connectivity index (χ0n) is 40.7. The molecule has 0 saturated heterocycles. The van der Waals surface area contributed by atoms with E-state index in [1.807, 2.05) is 113 Å². The van der Waals surface area contributed by atoms with Crippen LogP contribution in [-0.2, 0) is 0 Å². The second-order valence-electron chi connectivity index (χ2n) is 17.6. The van der Waals surface area contributed by atoms with Gasteiger partial charge in [-0.1, -0.05) is 132 Å². The molecule has 358 valence electrons. The number of aryl methyl sites for hydroxylation is 4. The molecule has 0 unspecified atom stereocenters. The summed E-state index contributed by atoms with van der Waals surface area (Å²) < 4.78 is 0. The molecule has 9 rings (SSSR count). The van der Waals surface area contributed by atoms with E-state index in [-0.39, 0.29) is 45.8 Å². The van der Waals surface area contributed by atoms with Gasteiger partial charge in [0.2, 0.25) is 11.8 Å². The Hall–Kier alpha value is -10.3. The molecule has 12 nitrogen and oxygen atoms in total. The van der Waals surface area contributed by atoms with Crippen LogP contribution in [0, 0.1) is 50.4 Å². The van der Waals surface area contributed by atoms with Crippen LogP contribution < -0.4 is 0 Å². The van der Waals surface area contributed by atoms with Gasteiger partial charge in [0.15, 0.2) is 11.5 Å². The first kappa shape index (κ1) is 48.7. The van der Waals surface area contributed by atoms with Crippen molar-refractivity contribution in [3.05, 3.63) is 225 Å². The van der Waals surface area contributed by atoms with Gasteiger partial charge in [-0.25, -0.2) is 9.98 Å². The Morgan fingerprint density at radius 2 is 0.824 bits per heavy atom. The molecule has 0 heterocycles. The number of aliphatic hydroxyl groups excluding tert-OH is 2. The molecule has 0 aromatic heterocycles. The average Bonchev–Trinajstić information content (AvgIpc) is 3.41. The first-order valence-corrected chi connectivity index (χ1v) is 23.4. The third-order valence-corrected chi connectivity index (χ3v) is 12.3. The van der Waals surface area contributed by atoms with Gasteiger partial charge in [0.1, 0.15) is 11.4 Å². The van der Waals surface area contributed by atoms with E-state index >= 15 is 0 Å². The highest BCUT2D eigenvalue weighted by Gasteiger charge is 2.19. The van der Waals surface area contributed by atoms with Crippen LogP contribution >= 0.6 is 0 Å². The number of fused-ring (bicyclic) bond motifs is 2. The highest BCUT2D eigenvalue weighted by molar-refractivity contribution is 6.08. The second kappa shape index (κ2) is 21.4. The lowest BCUT2D eigenvalue weighted by molar-refractivity contribution is 0.469. The molecule has 4 N–H and O–H groups in total. The number of aliphatic hydroxyl groups is 2. The number of aliphatic imine (C=N–C) groups is 2. The summed E-state index contributed by atoms with van der Waals surface area (Å²) in [4.78, 5) is 8.81. The molecule has 0 saturated carbocycles. The second-order valence-corrected chi connectivity index (χ2v) is 17.6. The van der Waals surface area contributed by atoms with Crippen molar-refractivity contribution in [1.29, 1.82) is 10.5 Å². The minimum Gasteiger partial charge on any atom is -0.505 e. The molecule has 74 heavy (non-hydrogen) atoms. The van der Waals surface area contributed by atoms with Crippen molar-refractivity contribution in [3.63, 3.8) is 0 Å². The fourth-order valence-corrected chi connectivity index (χ4v) is 8.40. The molecule has 0 atom stereocenters. The van der Waals surface area contributed by atoms with Gasteiger partial charge in [-0.05, 0) is 133 Å². The van der Waals surface area contributed by atoms with Crippen molar-refractivity contribution in [2.24, 2.45) is 30.4 Å². The van der Waals surface area contributed by atoms with E-state index in [0.29, 0.717) is 55.8 Å². The highest BCUT2D eigenvalue weighted by Crippen LogP contribution is 2.42. The minimum atomic E-state index is -0.349. The van der Waals surface area contributed by atoms with Gasteiger partial charge in [-0.15, -0.1) is 10.2 Å². The van der Waals surface area contributed by atoms with Crippen molar-refractivity contribution in [3.8, 4) is 23.6 Å². The van der Waals surface area contributed by atoms with Crippen LogP contribution in [0.4, 0.5) is 34.1 Å². The number of allylic oxidation sites excluding steroid dienone is 2. The fourth-order valence-electron chi connectivity index (χ4n) is 8.40. The fraction of sp³-hybridized carbons (Fsp3) is 0.0645. The van der Waals surface area contributed by atoms with Gasteiger partial charge < -0.3 is 20.4 Å². The van der Waals surface area contributed by atoms with E-state index in [0.717, 1.165) is 44.2 Å². The van der Waals surface area contributed by atoms with Crippen LogP contribution in [0.25, 0.3) is 44.8 Å². The lowest BCUT2D eigenvalue weighted by atomic mass is 9.98. The quantitative estimate of drug-likeness (QED) is 0.0308. The molecule has 0 aliphatic rings. The third-order valence-electron chi connectivity index (χ3n) is 12.3. The van der Waals surface area contributed by atoms with Gasteiger partial charge in [0, 0.05) is 10.8 Å². The molecule has 0 amide bonds. The lowest BCUT2D eigenvalue weighted by Crippen LogP contribution is -2.00. The number of rotatable bonds is 12. The Bertz CT molecular complexity index is 3680. The van der Waals surface area contributed by atoms with E-state index in [2.05, 4.69) is 42.6 Å².